The van der Waals surface area contributed by atoms with Gasteiger partial charge < -0.3 is 15.0 Å². The predicted molar refractivity (Wildman–Crippen MR) is 60.2 cm³/mol. The van der Waals surface area contributed by atoms with E-state index in [1.165, 1.54) is 0 Å². The van der Waals surface area contributed by atoms with E-state index in [9.17, 15) is 0 Å². The van der Waals surface area contributed by atoms with Crippen molar-refractivity contribution in [2.45, 2.75) is 13.8 Å². The van der Waals surface area contributed by atoms with Crippen molar-refractivity contribution in [2.75, 3.05) is 12.8 Å². The van der Waals surface area contributed by atoms with Crippen LogP contribution < -0.4 is 10.5 Å². The lowest BCUT2D eigenvalue weighted by Gasteiger charge is -2.06. The van der Waals surface area contributed by atoms with Gasteiger partial charge in [0.15, 0.2) is 11.6 Å². The summed E-state index contributed by atoms with van der Waals surface area (Å²) in [7, 11) is 1.56. The van der Waals surface area contributed by atoms with Crippen molar-refractivity contribution in [3.8, 4) is 16.9 Å². The van der Waals surface area contributed by atoms with E-state index in [1.807, 2.05) is 19.9 Å². The highest BCUT2D eigenvalue weighted by Gasteiger charge is 2.13. The highest BCUT2D eigenvalue weighted by atomic mass is 16.5. The molecule has 0 amide bonds. The first-order chi connectivity index (χ1) is 7.63. The zero-order valence-corrected chi connectivity index (χ0v) is 9.44. The Bertz CT molecular complexity index is 500. The van der Waals surface area contributed by atoms with Gasteiger partial charge in [-0.3, -0.25) is 0 Å². The maximum absolute atomic E-state index is 5.65. The number of hydrogen-bond donors (Lipinski definition) is 1. The first-order valence-corrected chi connectivity index (χ1v) is 4.86. The van der Waals surface area contributed by atoms with Crippen LogP contribution in [0.4, 0.5) is 5.82 Å². The van der Waals surface area contributed by atoms with E-state index in [2.05, 4.69) is 10.1 Å². The van der Waals surface area contributed by atoms with Crippen LogP contribution >= 0.6 is 0 Å². The van der Waals surface area contributed by atoms with Crippen molar-refractivity contribution in [3.05, 3.63) is 23.7 Å². The molecule has 2 N–H and O–H groups in total. The predicted octanol–water partition coefficient (Wildman–Crippen LogP) is 1.94. The number of aromatic nitrogens is 2. The standard InChI is InChI=1S/C11H13N3O2/c1-6-10(7(2)16-14-6)8-4-9(15-3)11(12)13-5-8/h4-5H,1-3H3,(H2,12,13). The second-order valence-electron chi connectivity index (χ2n) is 3.51. The third-order valence-corrected chi connectivity index (χ3v) is 2.42. The van der Waals surface area contributed by atoms with Crippen molar-refractivity contribution >= 4 is 5.82 Å². The van der Waals surface area contributed by atoms with E-state index in [0.717, 1.165) is 22.6 Å². The summed E-state index contributed by atoms with van der Waals surface area (Å²) in [5, 5.41) is 3.90. The summed E-state index contributed by atoms with van der Waals surface area (Å²) in [4.78, 5) is 4.07. The van der Waals surface area contributed by atoms with Crippen LogP contribution in [0.2, 0.25) is 0 Å². The van der Waals surface area contributed by atoms with Gasteiger partial charge >= 0.3 is 0 Å². The number of anilines is 1. The molecule has 5 heteroatoms. The molecule has 0 saturated heterocycles. The zero-order valence-electron chi connectivity index (χ0n) is 9.44. The molecule has 2 aromatic heterocycles. The number of methoxy groups -OCH3 is 1. The monoisotopic (exact) mass is 219 g/mol. The van der Waals surface area contributed by atoms with Crippen LogP contribution in [0.1, 0.15) is 11.5 Å². The second kappa shape index (κ2) is 3.84. The van der Waals surface area contributed by atoms with Crippen molar-refractivity contribution in [3.63, 3.8) is 0 Å². The molecule has 0 atom stereocenters. The number of aryl methyl sites for hydroxylation is 2. The summed E-state index contributed by atoms with van der Waals surface area (Å²) >= 11 is 0. The van der Waals surface area contributed by atoms with Gasteiger partial charge in [0.2, 0.25) is 0 Å². The number of hydrogen-bond acceptors (Lipinski definition) is 5. The van der Waals surface area contributed by atoms with Crippen LogP contribution in [-0.2, 0) is 0 Å². The minimum Gasteiger partial charge on any atom is -0.493 e. The van der Waals surface area contributed by atoms with Crippen LogP contribution in [0.5, 0.6) is 5.75 Å². The molecule has 2 heterocycles. The van der Waals surface area contributed by atoms with Crippen LogP contribution in [0, 0.1) is 13.8 Å². The van der Waals surface area contributed by atoms with E-state index >= 15 is 0 Å². The Kier molecular flexibility index (Phi) is 2.52. The Labute approximate surface area is 93.2 Å². The second-order valence-corrected chi connectivity index (χ2v) is 3.51. The van der Waals surface area contributed by atoms with Gasteiger partial charge in [0.1, 0.15) is 5.76 Å². The lowest BCUT2D eigenvalue weighted by atomic mass is 10.1. The first-order valence-electron chi connectivity index (χ1n) is 4.86. The molecule has 0 spiro atoms. The van der Waals surface area contributed by atoms with Gasteiger partial charge in [0.05, 0.1) is 12.8 Å². The summed E-state index contributed by atoms with van der Waals surface area (Å²) in [6, 6.07) is 1.83. The third kappa shape index (κ3) is 1.60. The average Bonchev–Trinajstić information content (AvgIpc) is 2.60. The molecule has 0 aliphatic rings. The number of nitrogen functional groups attached to an aromatic ring is 1. The number of nitrogens with two attached hydrogens (primary N) is 1. The third-order valence-electron chi connectivity index (χ3n) is 2.42. The molecule has 0 saturated carbocycles. The normalized spacial score (nSPS) is 10.4. The van der Waals surface area contributed by atoms with E-state index in [1.54, 1.807) is 13.3 Å². The Balaban J connectivity index is 2.57. The fraction of sp³-hybridized carbons (Fsp3) is 0.273. The van der Waals surface area contributed by atoms with Crippen LogP contribution in [-0.4, -0.2) is 17.3 Å². The average molecular weight is 219 g/mol. The van der Waals surface area contributed by atoms with Gasteiger partial charge in [0.25, 0.3) is 0 Å². The molecule has 0 aliphatic carbocycles. The Morgan fingerprint density at radius 2 is 2.12 bits per heavy atom. The SMILES string of the molecule is COc1cc(-c2c(C)noc2C)cnc1N. The van der Waals surface area contributed by atoms with Crippen molar-refractivity contribution in [1.82, 2.24) is 10.1 Å². The topological polar surface area (TPSA) is 74.2 Å². The molecular weight excluding hydrogens is 206 g/mol. The Morgan fingerprint density at radius 3 is 2.69 bits per heavy atom. The van der Waals surface area contributed by atoms with Crippen LogP contribution in [0.25, 0.3) is 11.1 Å². The molecule has 0 aromatic carbocycles. The molecule has 2 aromatic rings. The first kappa shape index (κ1) is 10.5. The maximum Gasteiger partial charge on any atom is 0.166 e. The van der Waals surface area contributed by atoms with Crippen molar-refractivity contribution < 1.29 is 9.26 Å². The summed E-state index contributed by atoms with van der Waals surface area (Å²) in [6.07, 6.45) is 1.68. The van der Waals surface area contributed by atoms with Crippen molar-refractivity contribution in [2.24, 2.45) is 0 Å². The summed E-state index contributed by atoms with van der Waals surface area (Å²) < 4.78 is 10.2. The molecule has 0 unspecified atom stereocenters. The van der Waals surface area contributed by atoms with Gasteiger partial charge in [0, 0.05) is 17.3 Å². The number of nitrogens with zero attached hydrogens (tertiary/aromatic N) is 2. The number of rotatable bonds is 2. The van der Waals surface area contributed by atoms with Crippen molar-refractivity contribution in [1.29, 1.82) is 0 Å². The van der Waals surface area contributed by atoms with Crippen LogP contribution in [0.15, 0.2) is 16.8 Å². The lowest BCUT2D eigenvalue weighted by molar-refractivity contribution is 0.393. The molecule has 2 rings (SSSR count). The number of pyridine rings is 1. The Morgan fingerprint density at radius 1 is 1.38 bits per heavy atom. The van der Waals surface area contributed by atoms with E-state index in [-0.39, 0.29) is 0 Å². The summed E-state index contributed by atoms with van der Waals surface area (Å²) in [5.74, 6) is 1.68. The minimum atomic E-state index is 0.373. The Hall–Kier alpha value is -2.04. The van der Waals surface area contributed by atoms with Gasteiger partial charge in [-0.15, -0.1) is 0 Å². The summed E-state index contributed by atoms with van der Waals surface area (Å²) in [5.41, 5.74) is 8.31. The molecule has 16 heavy (non-hydrogen) atoms. The molecule has 84 valence electrons. The zero-order chi connectivity index (χ0) is 11.7. The highest BCUT2D eigenvalue weighted by Crippen LogP contribution is 2.30. The summed E-state index contributed by atoms with van der Waals surface area (Å²) in [6.45, 7) is 3.74. The highest BCUT2D eigenvalue weighted by molar-refractivity contribution is 5.70. The van der Waals surface area contributed by atoms with E-state index < -0.39 is 0 Å². The molecule has 0 aliphatic heterocycles. The minimum absolute atomic E-state index is 0.373. The van der Waals surface area contributed by atoms with E-state index in [4.69, 9.17) is 15.0 Å². The van der Waals surface area contributed by atoms with Crippen LogP contribution in [0.3, 0.4) is 0 Å². The molecule has 0 bridgehead atoms. The molecule has 5 nitrogen and oxygen atoms in total. The molecule has 0 radical (unpaired) electrons. The molecular formula is C11H13N3O2. The fourth-order valence-corrected chi connectivity index (χ4v) is 1.65. The fourth-order valence-electron chi connectivity index (χ4n) is 1.65. The number of ether oxygens (including phenoxy) is 1. The smallest absolute Gasteiger partial charge is 0.166 e. The maximum atomic E-state index is 5.65. The molecule has 0 fully saturated rings. The van der Waals surface area contributed by atoms with Gasteiger partial charge in [-0.2, -0.15) is 0 Å². The van der Waals surface area contributed by atoms with Gasteiger partial charge in [-0.05, 0) is 19.9 Å². The van der Waals surface area contributed by atoms with Gasteiger partial charge in [-0.25, -0.2) is 4.98 Å². The quantitative estimate of drug-likeness (QED) is 0.835. The van der Waals surface area contributed by atoms with E-state index in [0.29, 0.717) is 11.6 Å². The van der Waals surface area contributed by atoms with Gasteiger partial charge in [-0.1, -0.05) is 5.16 Å². The largest absolute Gasteiger partial charge is 0.493 e. The lowest BCUT2D eigenvalue weighted by Crippen LogP contribution is -1.96.